The van der Waals surface area contributed by atoms with Gasteiger partial charge in [-0.1, -0.05) is 97.6 Å². The molecule has 0 heterocycles. The van der Waals surface area contributed by atoms with Gasteiger partial charge in [0.1, 0.15) is 8.07 Å². The topological polar surface area (TPSA) is 27.7 Å². The molecule has 3 aromatic carbocycles. The molecule has 0 saturated carbocycles. The van der Waals surface area contributed by atoms with Crippen LogP contribution in [-0.2, 0) is 13.3 Å². The first-order chi connectivity index (χ1) is 14.6. The lowest BCUT2D eigenvalue weighted by atomic mass is 10.2. The third kappa shape index (κ3) is 4.40. The Labute approximate surface area is 182 Å². The number of hydrogen-bond acceptors (Lipinski definition) is 3. The van der Waals surface area contributed by atoms with E-state index in [1.807, 2.05) is 6.08 Å². The van der Waals surface area contributed by atoms with Gasteiger partial charge in [-0.05, 0) is 27.2 Å². The molecule has 0 aromatic heterocycles. The second-order valence-corrected chi connectivity index (χ2v) is 14.4. The predicted molar refractivity (Wildman–Crippen MR) is 130 cm³/mol. The van der Waals surface area contributed by atoms with Crippen LogP contribution in [0, 0.1) is 0 Å². The summed E-state index contributed by atoms with van der Waals surface area (Å²) >= 11 is 0. The van der Waals surface area contributed by atoms with Crippen molar-refractivity contribution < 1.29 is 13.3 Å². The fraction of sp³-hybridized carbons (Fsp3) is 0.200. The van der Waals surface area contributed by atoms with Crippen LogP contribution in [-0.4, -0.2) is 38.2 Å². The zero-order valence-corrected chi connectivity index (χ0v) is 20.0. The van der Waals surface area contributed by atoms with E-state index in [9.17, 15) is 0 Å². The minimum atomic E-state index is -2.73. The molecule has 5 heteroatoms. The molecule has 0 bridgehead atoms. The number of hydrogen-bond donors (Lipinski definition) is 0. The molecule has 0 radical (unpaired) electrons. The van der Waals surface area contributed by atoms with Crippen LogP contribution in [0.2, 0.25) is 12.1 Å². The van der Waals surface area contributed by atoms with Gasteiger partial charge in [0.05, 0.1) is 0 Å². The molecule has 3 nitrogen and oxygen atoms in total. The maximum atomic E-state index is 5.78. The fourth-order valence-corrected chi connectivity index (χ4v) is 12.1. The molecule has 3 aromatic rings. The van der Waals surface area contributed by atoms with Crippen molar-refractivity contribution in [2.24, 2.45) is 0 Å². The van der Waals surface area contributed by atoms with Crippen LogP contribution < -0.4 is 15.6 Å². The summed E-state index contributed by atoms with van der Waals surface area (Å²) < 4.78 is 17.3. The summed E-state index contributed by atoms with van der Waals surface area (Å²) in [5.74, 6) is 0. The summed E-state index contributed by atoms with van der Waals surface area (Å²) in [4.78, 5) is 0. The Bertz CT molecular complexity index is 876. The molecule has 0 aliphatic carbocycles. The maximum absolute atomic E-state index is 5.78. The van der Waals surface area contributed by atoms with Gasteiger partial charge in [0.2, 0.25) is 0 Å². The lowest BCUT2D eigenvalue weighted by Crippen LogP contribution is -2.67. The van der Waals surface area contributed by atoms with Crippen molar-refractivity contribution in [2.75, 3.05) is 21.3 Å². The minimum absolute atomic E-state index is 0.746. The Morgan fingerprint density at radius 3 is 1.47 bits per heavy atom. The van der Waals surface area contributed by atoms with E-state index in [0.29, 0.717) is 0 Å². The van der Waals surface area contributed by atoms with Crippen molar-refractivity contribution in [2.45, 2.75) is 12.1 Å². The van der Waals surface area contributed by atoms with Gasteiger partial charge in [-0.15, -0.1) is 0 Å². The first-order valence-electron chi connectivity index (χ1n) is 10.1. The smallest absolute Gasteiger partial charge is 0.377 e. The van der Waals surface area contributed by atoms with E-state index < -0.39 is 16.9 Å². The van der Waals surface area contributed by atoms with Crippen LogP contribution in [0.1, 0.15) is 5.56 Å². The average molecular weight is 435 g/mol. The zero-order valence-electron chi connectivity index (χ0n) is 18.0. The SMILES string of the molecule is C=Cc1ccc([Si](CC[Si](OC)(OC)OC)(c2ccccc2)c2ccccc2)cc1. The normalized spacial score (nSPS) is 12.0. The van der Waals surface area contributed by atoms with Gasteiger partial charge in [-0.2, -0.15) is 0 Å². The molecule has 0 aliphatic heterocycles. The van der Waals surface area contributed by atoms with Gasteiger partial charge < -0.3 is 13.3 Å². The zero-order chi connectivity index (χ0) is 21.5. The van der Waals surface area contributed by atoms with Gasteiger partial charge >= 0.3 is 8.80 Å². The molecule has 0 unspecified atom stereocenters. The van der Waals surface area contributed by atoms with E-state index in [0.717, 1.165) is 17.7 Å². The molecular formula is C25H30O3Si2. The van der Waals surface area contributed by atoms with Crippen LogP contribution in [0.5, 0.6) is 0 Å². The van der Waals surface area contributed by atoms with Gasteiger partial charge in [-0.3, -0.25) is 0 Å². The van der Waals surface area contributed by atoms with E-state index in [1.54, 1.807) is 21.3 Å². The number of rotatable bonds is 10. The summed E-state index contributed by atoms with van der Waals surface area (Å²) in [6.45, 7) is 3.91. The first kappa shape index (κ1) is 22.4. The highest BCUT2D eigenvalue weighted by Crippen LogP contribution is 2.23. The van der Waals surface area contributed by atoms with Crippen molar-refractivity contribution in [3.05, 3.63) is 97.1 Å². The van der Waals surface area contributed by atoms with Crippen LogP contribution >= 0.6 is 0 Å². The monoisotopic (exact) mass is 434 g/mol. The average Bonchev–Trinajstić information content (AvgIpc) is 2.84. The van der Waals surface area contributed by atoms with Crippen molar-refractivity contribution in [3.8, 4) is 0 Å². The Balaban J connectivity index is 2.22. The summed E-state index contributed by atoms with van der Waals surface area (Å²) in [5, 5.41) is 4.10. The standard InChI is InChI=1S/C25H30O3Si2/c1-5-22-16-18-25(19-17-22)29(23-12-8-6-9-13-23,24-14-10-7-11-15-24)20-21-30(26-2,27-3)28-4/h5-19H,1,20-21H2,2-4H3. The van der Waals surface area contributed by atoms with Crippen LogP contribution in [0.4, 0.5) is 0 Å². The summed E-state index contributed by atoms with van der Waals surface area (Å²) in [7, 11) is -0.0222. The molecule has 0 spiro atoms. The van der Waals surface area contributed by atoms with Crippen molar-refractivity contribution in [1.29, 1.82) is 0 Å². The van der Waals surface area contributed by atoms with E-state index in [4.69, 9.17) is 13.3 Å². The lowest BCUT2D eigenvalue weighted by molar-refractivity contribution is 0.125. The summed E-state index contributed by atoms with van der Waals surface area (Å²) in [6.07, 6.45) is 1.89. The third-order valence-corrected chi connectivity index (χ3v) is 14.1. The van der Waals surface area contributed by atoms with Gasteiger partial charge in [0.25, 0.3) is 0 Å². The molecule has 0 saturated heterocycles. The molecule has 30 heavy (non-hydrogen) atoms. The molecule has 0 aliphatic rings. The number of benzene rings is 3. The molecular weight excluding hydrogens is 404 g/mol. The second kappa shape index (κ2) is 10.2. The molecule has 0 N–H and O–H groups in total. The predicted octanol–water partition coefficient (Wildman–Crippen LogP) is 3.68. The van der Waals surface area contributed by atoms with Gasteiger partial charge in [-0.25, -0.2) is 0 Å². The highest BCUT2D eigenvalue weighted by molar-refractivity contribution is 7.11. The quantitative estimate of drug-likeness (QED) is 0.360. The molecule has 3 rings (SSSR count). The largest absolute Gasteiger partial charge is 0.499 e. The van der Waals surface area contributed by atoms with Gasteiger partial charge in [0, 0.05) is 27.4 Å². The first-order valence-corrected chi connectivity index (χ1v) is 14.3. The van der Waals surface area contributed by atoms with Crippen molar-refractivity contribution in [3.63, 3.8) is 0 Å². The Kier molecular flexibility index (Phi) is 7.58. The van der Waals surface area contributed by atoms with E-state index in [1.165, 1.54) is 15.6 Å². The van der Waals surface area contributed by atoms with Crippen LogP contribution in [0.3, 0.4) is 0 Å². The Morgan fingerprint density at radius 1 is 0.633 bits per heavy atom. The van der Waals surface area contributed by atoms with E-state index in [-0.39, 0.29) is 0 Å². The van der Waals surface area contributed by atoms with E-state index >= 15 is 0 Å². The fourth-order valence-electron chi connectivity index (χ4n) is 4.18. The van der Waals surface area contributed by atoms with Crippen molar-refractivity contribution >= 4 is 38.5 Å². The second-order valence-electron chi connectivity index (χ2n) is 7.26. The molecule has 0 fully saturated rings. The lowest BCUT2D eigenvalue weighted by Gasteiger charge is -2.36. The third-order valence-electron chi connectivity index (χ3n) is 5.91. The van der Waals surface area contributed by atoms with Crippen LogP contribution in [0.15, 0.2) is 91.5 Å². The Hall–Kier alpha value is -2.29. The molecule has 156 valence electrons. The maximum Gasteiger partial charge on any atom is 0.499 e. The van der Waals surface area contributed by atoms with Gasteiger partial charge in [0.15, 0.2) is 0 Å². The Morgan fingerprint density at radius 2 is 1.07 bits per heavy atom. The highest BCUT2D eigenvalue weighted by atomic mass is 28.4. The highest BCUT2D eigenvalue weighted by Gasteiger charge is 2.45. The summed E-state index contributed by atoms with van der Waals surface area (Å²) in [6, 6.07) is 32.2. The summed E-state index contributed by atoms with van der Waals surface area (Å²) in [5.41, 5.74) is 1.12. The van der Waals surface area contributed by atoms with Crippen molar-refractivity contribution in [1.82, 2.24) is 0 Å². The van der Waals surface area contributed by atoms with Crippen LogP contribution in [0.25, 0.3) is 6.08 Å². The molecule has 0 amide bonds. The molecule has 0 atom stereocenters. The van der Waals surface area contributed by atoms with E-state index in [2.05, 4.69) is 91.5 Å². The minimum Gasteiger partial charge on any atom is -0.377 e.